The van der Waals surface area contributed by atoms with E-state index >= 15 is 0 Å². The highest BCUT2D eigenvalue weighted by atomic mass is 35.5. The van der Waals surface area contributed by atoms with Crippen LogP contribution in [-0.4, -0.2) is 11.2 Å². The van der Waals surface area contributed by atoms with Crippen LogP contribution in [0.3, 0.4) is 0 Å². The molecule has 0 aromatic heterocycles. The third-order valence-corrected chi connectivity index (χ3v) is 8.71. The van der Waals surface area contributed by atoms with Gasteiger partial charge in [0.25, 0.3) is 0 Å². The summed E-state index contributed by atoms with van der Waals surface area (Å²) >= 11 is 6.46. The lowest BCUT2D eigenvalue weighted by Crippen LogP contribution is -2.53. The van der Waals surface area contributed by atoms with Crippen LogP contribution in [-0.2, 0) is 4.79 Å². The van der Waals surface area contributed by atoms with Crippen LogP contribution in [0, 0.1) is 34.5 Å². The first kappa shape index (κ1) is 14.5. The van der Waals surface area contributed by atoms with Gasteiger partial charge < -0.3 is 0 Å². The van der Waals surface area contributed by atoms with E-state index in [4.69, 9.17) is 11.6 Å². The van der Waals surface area contributed by atoms with E-state index in [0.29, 0.717) is 22.5 Å². The molecule has 4 rings (SSSR count). The molecule has 4 aliphatic carbocycles. The van der Waals surface area contributed by atoms with Gasteiger partial charge in [-0.15, -0.1) is 11.6 Å². The monoisotopic (exact) mass is 308 g/mol. The molecule has 0 radical (unpaired) electrons. The number of hydrogen-bond donors (Lipinski definition) is 0. The van der Waals surface area contributed by atoms with Crippen molar-refractivity contribution in [1.29, 1.82) is 0 Å². The molecule has 0 amide bonds. The van der Waals surface area contributed by atoms with Crippen LogP contribution < -0.4 is 0 Å². The van der Waals surface area contributed by atoms with Gasteiger partial charge in [-0.1, -0.05) is 13.8 Å². The molecular weight excluding hydrogens is 280 g/mol. The van der Waals surface area contributed by atoms with Crippen molar-refractivity contribution in [3.63, 3.8) is 0 Å². The van der Waals surface area contributed by atoms with E-state index in [1.54, 1.807) is 0 Å². The highest BCUT2D eigenvalue weighted by Gasteiger charge is 2.60. The lowest BCUT2D eigenvalue weighted by Gasteiger charge is -2.60. The van der Waals surface area contributed by atoms with Gasteiger partial charge in [0.1, 0.15) is 5.78 Å². The van der Waals surface area contributed by atoms with Crippen molar-refractivity contribution in [2.75, 3.05) is 0 Å². The van der Waals surface area contributed by atoms with Crippen molar-refractivity contribution in [2.24, 2.45) is 34.5 Å². The maximum absolute atomic E-state index is 12.4. The van der Waals surface area contributed by atoms with E-state index in [0.717, 1.165) is 30.6 Å². The van der Waals surface area contributed by atoms with Crippen LogP contribution in [0.4, 0.5) is 0 Å². The molecule has 3 unspecified atom stereocenters. The van der Waals surface area contributed by atoms with Gasteiger partial charge in [-0.25, -0.2) is 0 Å². The Balaban J connectivity index is 1.64. The van der Waals surface area contributed by atoms with Gasteiger partial charge >= 0.3 is 0 Å². The normalized spacial score (nSPS) is 56.5. The first-order valence-electron chi connectivity index (χ1n) is 9.12. The number of halogens is 1. The first-order valence-corrected chi connectivity index (χ1v) is 9.56. The molecule has 0 bridgehead atoms. The Morgan fingerprint density at radius 3 is 2.62 bits per heavy atom. The lowest BCUT2D eigenvalue weighted by atomic mass is 9.45. The molecule has 21 heavy (non-hydrogen) atoms. The van der Waals surface area contributed by atoms with Crippen LogP contribution in [0.2, 0.25) is 0 Å². The zero-order valence-electron chi connectivity index (χ0n) is 13.5. The molecule has 0 heterocycles. The molecule has 0 N–H and O–H groups in total. The molecule has 4 aliphatic rings. The zero-order valence-corrected chi connectivity index (χ0v) is 14.3. The summed E-state index contributed by atoms with van der Waals surface area (Å²) in [6.45, 7) is 4.85. The molecule has 7 atom stereocenters. The Bertz CT molecular complexity index is 460. The Morgan fingerprint density at radius 2 is 1.81 bits per heavy atom. The third kappa shape index (κ3) is 1.92. The Hall–Kier alpha value is -0.0400. The number of Topliss-reactive ketones (excluding diaryl/α,β-unsaturated/α-hetero) is 1. The molecule has 0 saturated heterocycles. The number of alkyl halides is 1. The van der Waals surface area contributed by atoms with Crippen LogP contribution in [0.15, 0.2) is 0 Å². The summed E-state index contributed by atoms with van der Waals surface area (Å²) in [6.07, 6.45) is 11.0. The molecule has 118 valence electrons. The molecule has 0 aromatic rings. The van der Waals surface area contributed by atoms with Crippen molar-refractivity contribution >= 4 is 17.4 Å². The Labute approximate surface area is 134 Å². The van der Waals surface area contributed by atoms with Gasteiger partial charge in [0.2, 0.25) is 0 Å². The first-order chi connectivity index (χ1) is 9.95. The number of hydrogen-bond acceptors (Lipinski definition) is 1. The maximum atomic E-state index is 12.4. The average molecular weight is 309 g/mol. The summed E-state index contributed by atoms with van der Waals surface area (Å²) in [4.78, 5) is 12.4. The van der Waals surface area contributed by atoms with Crippen molar-refractivity contribution in [1.82, 2.24) is 0 Å². The summed E-state index contributed by atoms with van der Waals surface area (Å²) in [5, 5.41) is 0.418. The fourth-order valence-electron chi connectivity index (χ4n) is 6.98. The van der Waals surface area contributed by atoms with Crippen LogP contribution >= 0.6 is 11.6 Å². The topological polar surface area (TPSA) is 17.1 Å². The largest absolute Gasteiger partial charge is 0.299 e. The van der Waals surface area contributed by atoms with E-state index in [2.05, 4.69) is 13.8 Å². The summed E-state index contributed by atoms with van der Waals surface area (Å²) in [7, 11) is 0. The second-order valence-corrected chi connectivity index (χ2v) is 9.56. The number of carbonyl (C=O) groups excluding carboxylic acids is 1. The summed E-state index contributed by atoms with van der Waals surface area (Å²) < 4.78 is 0. The summed E-state index contributed by atoms with van der Waals surface area (Å²) in [5.41, 5.74) is 0.551. The van der Waals surface area contributed by atoms with Crippen LogP contribution in [0.25, 0.3) is 0 Å². The number of ketones is 1. The zero-order chi connectivity index (χ0) is 14.8. The van der Waals surface area contributed by atoms with Crippen molar-refractivity contribution in [2.45, 2.75) is 77.0 Å². The van der Waals surface area contributed by atoms with E-state index in [1.165, 1.54) is 44.9 Å². The van der Waals surface area contributed by atoms with Crippen LogP contribution in [0.1, 0.15) is 71.6 Å². The number of fused-ring (bicyclic) bond motifs is 5. The van der Waals surface area contributed by atoms with Crippen molar-refractivity contribution in [3.05, 3.63) is 0 Å². The van der Waals surface area contributed by atoms with Crippen molar-refractivity contribution in [3.8, 4) is 0 Å². The fraction of sp³-hybridized carbons (Fsp3) is 0.947. The Morgan fingerprint density at radius 1 is 1.00 bits per heavy atom. The van der Waals surface area contributed by atoms with Gasteiger partial charge in [-0.2, -0.15) is 0 Å². The fourth-order valence-corrected chi connectivity index (χ4v) is 7.30. The summed E-state index contributed by atoms with van der Waals surface area (Å²) in [6, 6.07) is 0. The predicted molar refractivity (Wildman–Crippen MR) is 86.4 cm³/mol. The van der Waals surface area contributed by atoms with Gasteiger partial charge in [-0.05, 0) is 80.5 Å². The average Bonchev–Trinajstić information content (AvgIpc) is 2.76. The second-order valence-electron chi connectivity index (χ2n) is 8.95. The molecule has 0 aliphatic heterocycles. The molecule has 0 spiro atoms. The minimum absolute atomic E-state index is 0.0358. The third-order valence-electron chi connectivity index (χ3n) is 8.31. The smallest absolute Gasteiger partial charge is 0.139 e. The molecule has 0 aromatic carbocycles. The van der Waals surface area contributed by atoms with Gasteiger partial charge in [-0.3, -0.25) is 4.79 Å². The number of rotatable bonds is 0. The molecule has 2 heteroatoms. The van der Waals surface area contributed by atoms with E-state index in [1.807, 2.05) is 0 Å². The van der Waals surface area contributed by atoms with Gasteiger partial charge in [0, 0.05) is 17.2 Å². The van der Waals surface area contributed by atoms with E-state index in [-0.39, 0.29) is 5.41 Å². The van der Waals surface area contributed by atoms with E-state index < -0.39 is 0 Å². The van der Waals surface area contributed by atoms with E-state index in [9.17, 15) is 4.79 Å². The summed E-state index contributed by atoms with van der Waals surface area (Å²) in [5.74, 6) is 3.79. The standard InChI is InChI=1S/C19H29ClO/c1-18-9-7-13(20)11-12(18)3-4-14-15-5-6-17(21)19(15,2)10-8-16(14)18/h12-16H,3-11H2,1-2H3/t12-,13-,14?,15?,16?,18-,19-/m0/s1. The quantitative estimate of drug-likeness (QED) is 0.562. The van der Waals surface area contributed by atoms with Gasteiger partial charge in [0.15, 0.2) is 0 Å². The Kier molecular flexibility index (Phi) is 3.27. The second kappa shape index (κ2) is 4.73. The highest BCUT2D eigenvalue weighted by molar-refractivity contribution is 6.20. The SMILES string of the molecule is C[C@]12CCC3C(CC[C@H]4C[C@@H](Cl)CC[C@]34C)C1CCC2=O. The van der Waals surface area contributed by atoms with Crippen molar-refractivity contribution < 1.29 is 4.79 Å². The predicted octanol–water partition coefficient (Wildman–Crippen LogP) is 5.21. The molecular formula is C19H29ClO. The lowest BCUT2D eigenvalue weighted by molar-refractivity contribution is -0.138. The molecule has 1 nitrogen and oxygen atoms in total. The van der Waals surface area contributed by atoms with Crippen LogP contribution in [0.5, 0.6) is 0 Å². The molecule has 4 saturated carbocycles. The highest BCUT2D eigenvalue weighted by Crippen LogP contribution is 2.65. The minimum atomic E-state index is 0.0358. The molecule has 4 fully saturated rings. The maximum Gasteiger partial charge on any atom is 0.139 e. The minimum Gasteiger partial charge on any atom is -0.299 e. The van der Waals surface area contributed by atoms with Gasteiger partial charge in [0.05, 0.1) is 0 Å². The number of carbonyl (C=O) groups is 1.